The molecule has 0 heterocycles. The SMILES string of the molecule is CCCC/C=C\CCCCCCC(=O)OCC(COC(=O)CCCCCCC\C=C/C=C\C=C/CCCCCCC)OC(=O)CCC/C=C\C/C=C\C/C=C\C/C=C\CCCCC. The van der Waals surface area contributed by atoms with Gasteiger partial charge < -0.3 is 14.2 Å². The molecule has 0 amide bonds. The molecule has 0 aromatic carbocycles. The molecular weight excluding hydrogens is 781 g/mol. The molecule has 1 unspecified atom stereocenters. The van der Waals surface area contributed by atoms with Gasteiger partial charge in [0.2, 0.25) is 0 Å². The first-order chi connectivity index (χ1) is 31.0. The summed E-state index contributed by atoms with van der Waals surface area (Å²) in [6, 6.07) is 0. The van der Waals surface area contributed by atoms with Crippen molar-refractivity contribution in [3.05, 3.63) is 97.2 Å². The second kappa shape index (κ2) is 51.0. The molecule has 6 nitrogen and oxygen atoms in total. The standard InChI is InChI=1S/C57H94O6/c1-4-7-10-13-16-19-22-24-26-28-30-31-33-35-38-41-44-47-50-56(59)62-53-54(52-61-55(58)49-46-43-40-37-21-18-15-12-9-6-3)63-57(60)51-48-45-42-39-36-34-32-29-27-25-23-20-17-14-11-8-5-2/h15,17-18,20,22,24-28,30-32,34,39,42,54H,4-14,16,19,21,23,29,33,35-38,40-41,43-53H2,1-3H3/b18-15-,20-17-,24-22-,27-25-,28-26-,31-30-,34-32-,42-39-. The van der Waals surface area contributed by atoms with Crippen molar-refractivity contribution >= 4 is 17.9 Å². The Morgan fingerprint density at radius 3 is 1.16 bits per heavy atom. The number of unbranched alkanes of at least 4 members (excludes halogenated alkanes) is 20. The van der Waals surface area contributed by atoms with Gasteiger partial charge in [-0.2, -0.15) is 0 Å². The van der Waals surface area contributed by atoms with Crippen LogP contribution in [-0.4, -0.2) is 37.2 Å². The minimum absolute atomic E-state index is 0.113. The fraction of sp³-hybridized carbons (Fsp3) is 0.667. The summed E-state index contributed by atoms with van der Waals surface area (Å²) in [5, 5.41) is 0. The molecule has 0 rings (SSSR count). The fourth-order valence-corrected chi connectivity index (χ4v) is 6.65. The third-order valence-corrected chi connectivity index (χ3v) is 10.6. The first-order valence-corrected chi connectivity index (χ1v) is 25.8. The third kappa shape index (κ3) is 49.2. The van der Waals surface area contributed by atoms with E-state index < -0.39 is 6.10 Å². The minimum atomic E-state index is -0.819. The first-order valence-electron chi connectivity index (χ1n) is 25.8. The van der Waals surface area contributed by atoms with E-state index in [1.54, 1.807) is 0 Å². The quantitative estimate of drug-likeness (QED) is 0.0199. The molecule has 0 aromatic rings. The molecule has 0 bridgehead atoms. The molecule has 0 radical (unpaired) electrons. The lowest BCUT2D eigenvalue weighted by atomic mass is 10.1. The van der Waals surface area contributed by atoms with Crippen molar-refractivity contribution in [3.8, 4) is 0 Å². The van der Waals surface area contributed by atoms with Gasteiger partial charge in [0.25, 0.3) is 0 Å². The van der Waals surface area contributed by atoms with Gasteiger partial charge in [-0.1, -0.05) is 201 Å². The van der Waals surface area contributed by atoms with Crippen molar-refractivity contribution in [1.82, 2.24) is 0 Å². The normalized spacial score (nSPS) is 12.9. The van der Waals surface area contributed by atoms with E-state index in [4.69, 9.17) is 14.2 Å². The molecule has 358 valence electrons. The Kier molecular flexibility index (Phi) is 48.0. The highest BCUT2D eigenvalue weighted by Crippen LogP contribution is 2.12. The largest absolute Gasteiger partial charge is 0.462 e. The highest BCUT2D eigenvalue weighted by atomic mass is 16.6. The maximum absolute atomic E-state index is 12.8. The highest BCUT2D eigenvalue weighted by Gasteiger charge is 2.19. The summed E-state index contributed by atoms with van der Waals surface area (Å²) in [5.74, 6) is -1.01. The summed E-state index contributed by atoms with van der Waals surface area (Å²) >= 11 is 0. The van der Waals surface area contributed by atoms with Crippen LogP contribution in [0.25, 0.3) is 0 Å². The van der Waals surface area contributed by atoms with Gasteiger partial charge in [-0.3, -0.25) is 14.4 Å². The molecule has 6 heteroatoms. The van der Waals surface area contributed by atoms with Crippen LogP contribution in [0.1, 0.15) is 226 Å². The Morgan fingerprint density at radius 2 is 0.667 bits per heavy atom. The molecule has 0 aromatic heterocycles. The summed E-state index contributed by atoms with van der Waals surface area (Å²) in [7, 11) is 0. The molecule has 0 spiro atoms. The number of ether oxygens (including phenoxy) is 3. The van der Waals surface area contributed by atoms with Crippen molar-refractivity contribution in [2.45, 2.75) is 232 Å². The van der Waals surface area contributed by atoms with Crippen LogP contribution in [0.2, 0.25) is 0 Å². The molecule has 0 aliphatic rings. The molecule has 0 aliphatic carbocycles. The van der Waals surface area contributed by atoms with Crippen LogP contribution in [0.5, 0.6) is 0 Å². The van der Waals surface area contributed by atoms with Crippen molar-refractivity contribution in [2.24, 2.45) is 0 Å². The lowest BCUT2D eigenvalue weighted by molar-refractivity contribution is -0.167. The maximum Gasteiger partial charge on any atom is 0.306 e. The predicted octanol–water partition coefficient (Wildman–Crippen LogP) is 17.0. The van der Waals surface area contributed by atoms with Crippen molar-refractivity contribution in [1.29, 1.82) is 0 Å². The predicted molar refractivity (Wildman–Crippen MR) is 270 cm³/mol. The molecule has 63 heavy (non-hydrogen) atoms. The van der Waals surface area contributed by atoms with Crippen LogP contribution in [0, 0.1) is 0 Å². The van der Waals surface area contributed by atoms with Crippen molar-refractivity contribution in [3.63, 3.8) is 0 Å². The number of allylic oxidation sites excluding steroid dienone is 16. The van der Waals surface area contributed by atoms with Gasteiger partial charge >= 0.3 is 17.9 Å². The summed E-state index contributed by atoms with van der Waals surface area (Å²) in [6.07, 6.45) is 66.8. The summed E-state index contributed by atoms with van der Waals surface area (Å²) in [6.45, 7) is 6.46. The Hall–Kier alpha value is -3.67. The average molecular weight is 875 g/mol. The zero-order valence-corrected chi connectivity index (χ0v) is 40.8. The monoisotopic (exact) mass is 875 g/mol. The van der Waals surface area contributed by atoms with Gasteiger partial charge in [0.05, 0.1) is 0 Å². The minimum Gasteiger partial charge on any atom is -0.462 e. The molecule has 0 saturated carbocycles. The summed E-state index contributed by atoms with van der Waals surface area (Å²) in [4.78, 5) is 37.9. The van der Waals surface area contributed by atoms with E-state index in [9.17, 15) is 14.4 Å². The Labute approximate surface area is 387 Å². The second-order valence-electron chi connectivity index (χ2n) is 16.8. The number of hydrogen-bond donors (Lipinski definition) is 0. The van der Waals surface area contributed by atoms with E-state index in [-0.39, 0.29) is 37.5 Å². The van der Waals surface area contributed by atoms with E-state index in [0.717, 1.165) is 109 Å². The van der Waals surface area contributed by atoms with E-state index in [1.807, 2.05) is 0 Å². The van der Waals surface area contributed by atoms with Gasteiger partial charge in [-0.05, 0) is 103 Å². The topological polar surface area (TPSA) is 78.9 Å². The highest BCUT2D eigenvalue weighted by molar-refractivity contribution is 5.71. The first kappa shape index (κ1) is 59.3. The van der Waals surface area contributed by atoms with E-state index in [0.29, 0.717) is 19.3 Å². The number of hydrogen-bond acceptors (Lipinski definition) is 6. The van der Waals surface area contributed by atoms with E-state index >= 15 is 0 Å². The molecule has 1 atom stereocenters. The van der Waals surface area contributed by atoms with Crippen LogP contribution in [-0.2, 0) is 28.6 Å². The zero-order valence-electron chi connectivity index (χ0n) is 40.8. The van der Waals surface area contributed by atoms with Crippen LogP contribution in [0.4, 0.5) is 0 Å². The van der Waals surface area contributed by atoms with Crippen molar-refractivity contribution in [2.75, 3.05) is 13.2 Å². The molecule has 0 aliphatic heterocycles. The number of carbonyl (C=O) groups is 3. The van der Waals surface area contributed by atoms with Crippen LogP contribution < -0.4 is 0 Å². The van der Waals surface area contributed by atoms with Gasteiger partial charge in [-0.15, -0.1) is 0 Å². The number of rotatable bonds is 45. The summed E-state index contributed by atoms with van der Waals surface area (Å²) in [5.41, 5.74) is 0. The third-order valence-electron chi connectivity index (χ3n) is 10.6. The molecule has 0 saturated heterocycles. The Bertz CT molecular complexity index is 1280. The average Bonchev–Trinajstić information content (AvgIpc) is 3.28. The smallest absolute Gasteiger partial charge is 0.306 e. The van der Waals surface area contributed by atoms with Crippen molar-refractivity contribution < 1.29 is 28.6 Å². The molecular formula is C57H94O6. The zero-order chi connectivity index (χ0) is 45.8. The lowest BCUT2D eigenvalue weighted by Crippen LogP contribution is -2.30. The Morgan fingerprint density at radius 1 is 0.333 bits per heavy atom. The lowest BCUT2D eigenvalue weighted by Gasteiger charge is -2.18. The van der Waals surface area contributed by atoms with Gasteiger partial charge in [0, 0.05) is 19.3 Å². The van der Waals surface area contributed by atoms with Gasteiger partial charge in [0.15, 0.2) is 6.10 Å². The fourth-order valence-electron chi connectivity index (χ4n) is 6.65. The van der Waals surface area contributed by atoms with Crippen LogP contribution in [0.15, 0.2) is 97.2 Å². The van der Waals surface area contributed by atoms with Gasteiger partial charge in [0.1, 0.15) is 13.2 Å². The van der Waals surface area contributed by atoms with E-state index in [2.05, 4.69) is 118 Å². The number of carbonyl (C=O) groups excluding carboxylic acids is 3. The van der Waals surface area contributed by atoms with Crippen LogP contribution in [0.3, 0.4) is 0 Å². The molecule has 0 N–H and O–H groups in total. The molecule has 0 fully saturated rings. The second-order valence-corrected chi connectivity index (χ2v) is 16.8. The van der Waals surface area contributed by atoms with Crippen LogP contribution >= 0.6 is 0 Å². The van der Waals surface area contributed by atoms with Gasteiger partial charge in [-0.25, -0.2) is 0 Å². The van der Waals surface area contributed by atoms with E-state index in [1.165, 1.54) is 70.6 Å². The Balaban J connectivity index is 4.51. The number of esters is 3. The summed E-state index contributed by atoms with van der Waals surface area (Å²) < 4.78 is 16.7. The maximum atomic E-state index is 12.8.